The molecule has 0 unspecified atom stereocenters. The van der Waals surface area contributed by atoms with Crippen molar-refractivity contribution in [2.24, 2.45) is 0 Å². The van der Waals surface area contributed by atoms with Crippen LogP contribution in [0.3, 0.4) is 0 Å². The molecule has 0 spiro atoms. The molecular weight excluding hydrogens is 464 g/mol. The van der Waals surface area contributed by atoms with Crippen molar-refractivity contribution in [3.05, 3.63) is 77.9 Å². The largest absolute Gasteiger partial charge is 0.481 e. The number of cyclic esters (lactones) is 1. The van der Waals surface area contributed by atoms with Crippen LogP contribution in [-0.2, 0) is 20.6 Å². The maximum absolute atomic E-state index is 12.5. The van der Waals surface area contributed by atoms with Crippen LogP contribution in [0, 0.1) is 0 Å². The number of fused-ring (bicyclic) bond motifs is 1. The Hall–Kier alpha value is -3.89. The maximum Gasteiger partial charge on any atom is 0.417 e. The number of pyridine rings is 2. The lowest BCUT2D eigenvalue weighted by Crippen LogP contribution is -2.39. The van der Waals surface area contributed by atoms with E-state index in [1.165, 1.54) is 17.4 Å². The molecule has 1 aliphatic carbocycles. The monoisotopic (exact) mass is 492 g/mol. The molecule has 0 aromatic carbocycles. The Morgan fingerprint density at radius 2 is 2.22 bits per heavy atom. The zero-order valence-corrected chi connectivity index (χ0v) is 19.9. The van der Waals surface area contributed by atoms with Gasteiger partial charge in [-0.2, -0.15) is 0 Å². The number of methoxy groups -OCH3 is 1. The summed E-state index contributed by atoms with van der Waals surface area (Å²) in [4.78, 5) is 22.7. The average Bonchev–Trinajstić information content (AvgIpc) is 3.33. The quantitative estimate of drug-likeness (QED) is 0.510. The zero-order valence-electron chi connectivity index (χ0n) is 19.9. The van der Waals surface area contributed by atoms with E-state index < -0.39 is 18.3 Å². The van der Waals surface area contributed by atoms with Gasteiger partial charge in [0, 0.05) is 18.8 Å². The number of hydrogen-bond donors (Lipinski definition) is 2. The fraction of sp³-hybridized carbons (Fsp3) is 0.346. The molecule has 2 aromatic heterocycles. The molecule has 0 radical (unpaired) electrons. The molecule has 1 fully saturated rings. The van der Waals surface area contributed by atoms with Crippen LogP contribution in [0.5, 0.6) is 5.88 Å². The summed E-state index contributed by atoms with van der Waals surface area (Å²) < 4.78 is 22.0. The molecule has 0 saturated carbocycles. The highest BCUT2D eigenvalue weighted by atomic mass is 16.6. The number of nitrogens with zero attached hydrogens (tertiary/aromatic N) is 3. The number of carbonyl (C=O) groups is 1. The number of nitrogens with one attached hydrogen (secondary N) is 1. The molecule has 188 valence electrons. The number of aromatic nitrogens is 2. The van der Waals surface area contributed by atoms with E-state index in [4.69, 9.17) is 18.9 Å². The smallest absolute Gasteiger partial charge is 0.417 e. The number of hydrogen-bond acceptors (Lipinski definition) is 9. The molecule has 4 heterocycles. The fourth-order valence-electron chi connectivity index (χ4n) is 4.23. The zero-order chi connectivity index (χ0) is 24.9. The lowest BCUT2D eigenvalue weighted by molar-refractivity contribution is 0.0333. The van der Waals surface area contributed by atoms with Gasteiger partial charge in [-0.05, 0) is 49.1 Å². The average molecular weight is 493 g/mol. The van der Waals surface area contributed by atoms with E-state index in [0.29, 0.717) is 24.6 Å². The molecular formula is C26H28N4O6. The van der Waals surface area contributed by atoms with Gasteiger partial charge in [-0.25, -0.2) is 14.7 Å². The number of rotatable bonds is 9. The van der Waals surface area contributed by atoms with Gasteiger partial charge in [0.05, 0.1) is 24.7 Å². The molecule has 5 rings (SSSR count). The third kappa shape index (κ3) is 5.19. The van der Waals surface area contributed by atoms with Gasteiger partial charge >= 0.3 is 6.09 Å². The van der Waals surface area contributed by atoms with Crippen LogP contribution in [0.25, 0.3) is 11.0 Å². The number of allylic oxidation sites excluding steroid dienone is 4. The fourth-order valence-corrected chi connectivity index (χ4v) is 4.23. The molecule has 1 saturated heterocycles. The maximum atomic E-state index is 12.5. The van der Waals surface area contributed by atoms with Crippen molar-refractivity contribution in [3.8, 4) is 5.88 Å². The van der Waals surface area contributed by atoms with Crippen LogP contribution >= 0.6 is 0 Å². The number of aliphatic hydroxyl groups is 1. The van der Waals surface area contributed by atoms with Gasteiger partial charge in [-0.3, -0.25) is 4.98 Å². The minimum absolute atomic E-state index is 0.155. The van der Waals surface area contributed by atoms with Crippen LogP contribution < -0.4 is 10.1 Å². The van der Waals surface area contributed by atoms with E-state index in [1.807, 2.05) is 24.3 Å². The number of aliphatic hydroxyl groups excluding tert-OH is 1. The second-order valence-corrected chi connectivity index (χ2v) is 8.58. The second kappa shape index (κ2) is 10.8. The Labute approximate surface area is 208 Å². The van der Waals surface area contributed by atoms with Gasteiger partial charge in [-0.15, -0.1) is 0 Å². The van der Waals surface area contributed by atoms with Crippen LogP contribution in [0.15, 0.2) is 72.4 Å². The van der Waals surface area contributed by atoms with E-state index in [-0.39, 0.29) is 19.0 Å². The molecule has 2 aromatic rings. The number of amides is 1. The highest BCUT2D eigenvalue weighted by molar-refractivity contribution is 5.78. The van der Waals surface area contributed by atoms with E-state index in [2.05, 4.69) is 21.4 Å². The highest BCUT2D eigenvalue weighted by Crippen LogP contribution is 2.29. The summed E-state index contributed by atoms with van der Waals surface area (Å²) in [5.41, 5.74) is 3.60. The summed E-state index contributed by atoms with van der Waals surface area (Å²) in [5.74, 6) is 1.33. The molecule has 2 atom stereocenters. The number of carbonyl (C=O) groups excluding carboxylic acids is 1. The first-order chi connectivity index (χ1) is 17.6. The van der Waals surface area contributed by atoms with Crippen molar-refractivity contribution in [2.75, 3.05) is 26.7 Å². The first-order valence-corrected chi connectivity index (χ1v) is 11.9. The van der Waals surface area contributed by atoms with Crippen molar-refractivity contribution < 1.29 is 28.8 Å². The lowest BCUT2D eigenvalue weighted by Gasteiger charge is -2.23. The molecule has 2 N–H and O–H groups in total. The SMILES string of the molecule is COc1ccc2nccc(CCNC[C@H](O)[C@@H]3CN(C4=COC=C(C5=CC=CCC5)O4)C(=O)O3)c2n1. The van der Waals surface area contributed by atoms with Crippen LogP contribution in [-0.4, -0.2) is 65.0 Å². The van der Waals surface area contributed by atoms with E-state index in [1.54, 1.807) is 19.4 Å². The molecule has 10 heteroatoms. The van der Waals surface area contributed by atoms with Gasteiger partial charge in [0.25, 0.3) is 0 Å². The van der Waals surface area contributed by atoms with Crippen molar-refractivity contribution in [3.63, 3.8) is 0 Å². The van der Waals surface area contributed by atoms with Crippen LogP contribution in [0.2, 0.25) is 0 Å². The predicted octanol–water partition coefficient (Wildman–Crippen LogP) is 2.92. The van der Waals surface area contributed by atoms with Gasteiger partial charge < -0.3 is 29.4 Å². The Morgan fingerprint density at radius 3 is 3.06 bits per heavy atom. The Kier molecular flexibility index (Phi) is 7.15. The van der Waals surface area contributed by atoms with Crippen molar-refractivity contribution in [2.45, 2.75) is 31.5 Å². The van der Waals surface area contributed by atoms with Gasteiger partial charge in [0.1, 0.15) is 18.5 Å². The molecule has 1 amide bonds. The first-order valence-electron chi connectivity index (χ1n) is 11.9. The van der Waals surface area contributed by atoms with E-state index >= 15 is 0 Å². The molecule has 10 nitrogen and oxygen atoms in total. The van der Waals surface area contributed by atoms with Gasteiger partial charge in [0.15, 0.2) is 12.0 Å². The minimum atomic E-state index is -0.891. The van der Waals surface area contributed by atoms with Crippen molar-refractivity contribution >= 4 is 17.1 Å². The predicted molar refractivity (Wildman–Crippen MR) is 130 cm³/mol. The molecule has 3 aliphatic rings. The summed E-state index contributed by atoms with van der Waals surface area (Å²) in [6.45, 7) is 1.01. The normalized spacial score (nSPS) is 20.2. The van der Waals surface area contributed by atoms with Crippen LogP contribution in [0.4, 0.5) is 4.79 Å². The molecule has 0 bridgehead atoms. The van der Waals surface area contributed by atoms with Crippen molar-refractivity contribution in [1.29, 1.82) is 0 Å². The van der Waals surface area contributed by atoms with E-state index in [0.717, 1.165) is 35.0 Å². The molecule has 2 aliphatic heterocycles. The summed E-state index contributed by atoms with van der Waals surface area (Å²) in [7, 11) is 1.58. The second-order valence-electron chi connectivity index (χ2n) is 8.58. The standard InChI is InChI=1S/C26H28N4O6/c1-33-23-8-7-19-25(29-23)18(10-12-28-19)9-11-27-13-20(31)21-14-30(26(32)36-21)24-16-34-15-22(35-24)17-5-3-2-4-6-17/h2-3,5,7-8,10,12,15-16,20-21,27,31H,4,6,9,11,13-14H2,1H3/t20-,21-/m0/s1. The van der Waals surface area contributed by atoms with Gasteiger partial charge in [0.2, 0.25) is 11.8 Å². The summed E-state index contributed by atoms with van der Waals surface area (Å²) >= 11 is 0. The number of ether oxygens (including phenoxy) is 4. The Balaban J connectivity index is 1.12. The molecule has 36 heavy (non-hydrogen) atoms. The summed E-state index contributed by atoms with van der Waals surface area (Å²) in [6, 6.07) is 5.58. The Bertz CT molecular complexity index is 1250. The summed E-state index contributed by atoms with van der Waals surface area (Å²) in [6.07, 6.45) is 10.9. The Morgan fingerprint density at radius 1 is 1.31 bits per heavy atom. The van der Waals surface area contributed by atoms with Crippen molar-refractivity contribution in [1.82, 2.24) is 20.2 Å². The third-order valence-corrected chi connectivity index (χ3v) is 6.19. The first kappa shape index (κ1) is 23.8. The minimum Gasteiger partial charge on any atom is -0.481 e. The lowest BCUT2D eigenvalue weighted by atomic mass is 10.0. The third-order valence-electron chi connectivity index (χ3n) is 6.19. The van der Waals surface area contributed by atoms with E-state index in [9.17, 15) is 9.90 Å². The highest BCUT2D eigenvalue weighted by Gasteiger charge is 2.39. The topological polar surface area (TPSA) is 115 Å². The summed E-state index contributed by atoms with van der Waals surface area (Å²) in [5, 5.41) is 13.9. The van der Waals surface area contributed by atoms with Gasteiger partial charge in [-0.1, -0.05) is 18.2 Å². The van der Waals surface area contributed by atoms with Crippen LogP contribution in [0.1, 0.15) is 18.4 Å².